The number of nitrogens with one attached hydrogen (secondary N) is 2. The van der Waals surface area contributed by atoms with Gasteiger partial charge in [0.15, 0.2) is 0 Å². The quantitative estimate of drug-likeness (QED) is 0.102. The Kier molecular flexibility index (Phi) is 10.9. The fraction of sp³-hybridized carbons (Fsp3) is 0.409. The van der Waals surface area contributed by atoms with Crippen molar-refractivity contribution in [3.05, 3.63) is 93.9 Å². The predicted octanol–water partition coefficient (Wildman–Crippen LogP) is 8.12. The van der Waals surface area contributed by atoms with E-state index in [0.29, 0.717) is 48.4 Å². The van der Waals surface area contributed by atoms with Crippen molar-refractivity contribution in [2.75, 3.05) is 27.8 Å². The number of hydrogen-bond donors (Lipinski definition) is 3. The van der Waals surface area contributed by atoms with Crippen LogP contribution < -0.4 is 20.1 Å². The molecule has 1 aliphatic heterocycles. The first-order valence-corrected chi connectivity index (χ1v) is 20.4. The van der Waals surface area contributed by atoms with E-state index in [1.807, 2.05) is 65.6 Å². The first-order chi connectivity index (χ1) is 27.5. The van der Waals surface area contributed by atoms with Crippen LogP contribution in [0.5, 0.6) is 11.5 Å². The Hall–Kier alpha value is -4.68. The van der Waals surface area contributed by atoms with Gasteiger partial charge in [-0.2, -0.15) is 5.10 Å². The number of nitrogens with zero attached hydrogens (tertiary/aromatic N) is 4. The van der Waals surface area contributed by atoms with Crippen molar-refractivity contribution in [2.24, 2.45) is 5.41 Å². The van der Waals surface area contributed by atoms with Crippen LogP contribution in [0.2, 0.25) is 10.0 Å². The molecule has 3 aliphatic carbocycles. The van der Waals surface area contributed by atoms with Gasteiger partial charge in [-0.3, -0.25) is 24.2 Å². The van der Waals surface area contributed by atoms with Crippen LogP contribution in [0.15, 0.2) is 67.0 Å². The van der Waals surface area contributed by atoms with Crippen LogP contribution in [0.3, 0.4) is 0 Å². The molecule has 0 radical (unpaired) electrons. The Morgan fingerprint density at radius 2 is 1.68 bits per heavy atom. The van der Waals surface area contributed by atoms with Gasteiger partial charge in [0.25, 0.3) is 0 Å². The first kappa shape index (κ1) is 39.2. The molecule has 3 aromatic carbocycles. The molecule has 1 saturated heterocycles. The number of carbonyl (C=O) groups excluding carboxylic acids is 1. The van der Waals surface area contributed by atoms with Crippen LogP contribution in [-0.4, -0.2) is 76.0 Å². The van der Waals surface area contributed by atoms with E-state index in [2.05, 4.69) is 28.6 Å². The number of aliphatic carboxylic acids is 1. The molecule has 298 valence electrons. The summed E-state index contributed by atoms with van der Waals surface area (Å²) in [6.45, 7) is 2.27. The molecule has 57 heavy (non-hydrogen) atoms. The summed E-state index contributed by atoms with van der Waals surface area (Å²) in [6, 6.07) is 18.2. The molecule has 3 heterocycles. The van der Waals surface area contributed by atoms with Gasteiger partial charge in [0.1, 0.15) is 11.5 Å². The fourth-order valence-corrected chi connectivity index (χ4v) is 9.85. The largest absolute Gasteiger partial charge is 0.496 e. The van der Waals surface area contributed by atoms with Crippen molar-refractivity contribution < 1.29 is 24.2 Å². The van der Waals surface area contributed by atoms with E-state index < -0.39 is 11.4 Å². The molecule has 13 heteroatoms. The number of carboxylic acids is 1. The van der Waals surface area contributed by atoms with Crippen LogP contribution in [0.4, 0.5) is 0 Å². The maximum Gasteiger partial charge on any atom is 0.309 e. The van der Waals surface area contributed by atoms with Crippen molar-refractivity contribution in [1.29, 1.82) is 0 Å². The van der Waals surface area contributed by atoms with Crippen LogP contribution in [0.25, 0.3) is 33.2 Å². The molecule has 1 atom stereocenters. The zero-order valence-corrected chi connectivity index (χ0v) is 34.1. The third-order valence-electron chi connectivity index (χ3n) is 12.9. The summed E-state index contributed by atoms with van der Waals surface area (Å²) in [5, 5.41) is 23.2. The van der Waals surface area contributed by atoms with E-state index in [-0.39, 0.29) is 17.5 Å². The Bertz CT molecular complexity index is 2320. The van der Waals surface area contributed by atoms with Gasteiger partial charge in [0.05, 0.1) is 48.6 Å². The number of pyridine rings is 1. The highest BCUT2D eigenvalue weighted by Crippen LogP contribution is 2.55. The monoisotopic (exact) mass is 810 g/mol. The second-order valence-electron chi connectivity index (χ2n) is 15.9. The van der Waals surface area contributed by atoms with Crippen LogP contribution in [-0.2, 0) is 29.2 Å². The van der Waals surface area contributed by atoms with Crippen LogP contribution >= 0.6 is 23.2 Å². The summed E-state index contributed by atoms with van der Waals surface area (Å²) in [5.41, 5.74) is 6.55. The first-order valence-electron chi connectivity index (χ1n) is 19.6. The van der Waals surface area contributed by atoms with Gasteiger partial charge in [0.2, 0.25) is 5.91 Å². The lowest BCUT2D eigenvalue weighted by Crippen LogP contribution is -2.56. The molecule has 0 unspecified atom stereocenters. The third-order valence-corrected chi connectivity index (χ3v) is 13.6. The zero-order chi connectivity index (χ0) is 39.9. The number of carbonyl (C=O) groups is 2. The minimum absolute atomic E-state index is 0.00913. The minimum atomic E-state index is -0.642. The molecule has 9 rings (SSSR count). The highest BCUT2D eigenvalue weighted by atomic mass is 35.5. The van der Waals surface area contributed by atoms with E-state index in [4.69, 9.17) is 42.8 Å². The average molecular weight is 812 g/mol. The Morgan fingerprint density at radius 1 is 0.965 bits per heavy atom. The summed E-state index contributed by atoms with van der Waals surface area (Å²) in [5.74, 6) is 0.874. The fourth-order valence-electron chi connectivity index (χ4n) is 9.27. The summed E-state index contributed by atoms with van der Waals surface area (Å²) in [7, 11) is 5.46. The van der Waals surface area contributed by atoms with Crippen molar-refractivity contribution in [2.45, 2.75) is 82.6 Å². The number of methoxy groups -OCH3 is 2. The highest BCUT2D eigenvalue weighted by molar-refractivity contribution is 6.36. The van der Waals surface area contributed by atoms with Gasteiger partial charge in [-0.25, -0.2) is 0 Å². The highest BCUT2D eigenvalue weighted by Gasteiger charge is 2.54. The molecular weight excluding hydrogens is 763 g/mol. The second kappa shape index (κ2) is 15.9. The molecule has 3 saturated carbocycles. The number of aromatic nitrogens is 3. The Labute approximate surface area is 342 Å². The Morgan fingerprint density at radius 3 is 2.39 bits per heavy atom. The van der Waals surface area contributed by atoms with E-state index in [0.717, 1.165) is 101 Å². The van der Waals surface area contributed by atoms with Crippen LogP contribution in [0.1, 0.15) is 68.2 Å². The van der Waals surface area contributed by atoms with Gasteiger partial charge >= 0.3 is 5.97 Å². The van der Waals surface area contributed by atoms with Crippen LogP contribution in [0, 0.1) is 5.41 Å². The van der Waals surface area contributed by atoms with Crippen molar-refractivity contribution in [3.8, 4) is 33.8 Å². The van der Waals surface area contributed by atoms with E-state index in [1.165, 1.54) is 0 Å². The lowest BCUT2D eigenvalue weighted by Gasteiger charge is -2.55. The number of amides is 1. The van der Waals surface area contributed by atoms with E-state index in [1.54, 1.807) is 14.2 Å². The summed E-state index contributed by atoms with van der Waals surface area (Å²) < 4.78 is 13.6. The molecule has 11 nitrogen and oxygen atoms in total. The number of ether oxygens (including phenoxy) is 2. The topological polar surface area (TPSA) is 131 Å². The number of halogens is 2. The average Bonchev–Trinajstić information content (AvgIpc) is 3.85. The minimum Gasteiger partial charge on any atom is -0.496 e. The van der Waals surface area contributed by atoms with E-state index >= 15 is 0 Å². The number of benzene rings is 3. The van der Waals surface area contributed by atoms with E-state index in [9.17, 15) is 14.7 Å². The summed E-state index contributed by atoms with van der Waals surface area (Å²) in [4.78, 5) is 30.7. The molecule has 4 fully saturated rings. The lowest BCUT2D eigenvalue weighted by molar-refractivity contribution is -0.160. The van der Waals surface area contributed by atoms with Crippen molar-refractivity contribution >= 4 is 46.0 Å². The summed E-state index contributed by atoms with van der Waals surface area (Å²) >= 11 is 14.2. The van der Waals surface area contributed by atoms with Crippen molar-refractivity contribution in [1.82, 2.24) is 30.3 Å². The van der Waals surface area contributed by atoms with Gasteiger partial charge in [-0.05, 0) is 87.4 Å². The molecule has 5 aromatic rings. The standard InChI is InChI=1S/C44H48Cl2N6O5/c1-51(44-15-12-43(13-16-44,14-17-44)42(54)55)25-29-18-35(45)28(20-38(29)56-2)26-52-37-9-5-7-32(34(37)23-49-52)33-8-4-6-31(41(33)46)27-19-39(57-3)36(48-21-27)24-47-22-30-10-11-40(53)50-30/h4-9,18-21,23,30,47H,10-17,22,24-26H2,1-3H3,(H,50,53)(H,54,55)/t30-,43?,44?/m0/s1. The maximum atomic E-state index is 12.0. The molecular formula is C44H48Cl2N6O5. The van der Waals surface area contributed by atoms with Gasteiger partial charge in [0, 0.05) is 76.5 Å². The number of rotatable bonds is 14. The SMILES string of the molecule is COc1cc(Cn2ncc3c(-c4cccc(-c5cnc(CNC[C@@H]6CCC(=O)N6)c(OC)c5)c4Cl)cccc32)c(Cl)cc1CN(C)C12CCC(C(=O)O)(CC1)CC2. The third kappa shape index (κ3) is 7.46. The Balaban J connectivity index is 1.00. The molecule has 0 spiro atoms. The smallest absolute Gasteiger partial charge is 0.309 e. The second-order valence-corrected chi connectivity index (χ2v) is 16.7. The number of hydrogen-bond acceptors (Lipinski definition) is 8. The predicted molar refractivity (Wildman–Crippen MR) is 222 cm³/mol. The van der Waals surface area contributed by atoms with Gasteiger partial charge < -0.3 is 25.2 Å². The molecule has 2 bridgehead atoms. The lowest BCUT2D eigenvalue weighted by atomic mass is 9.57. The molecule has 2 aromatic heterocycles. The molecule has 4 aliphatic rings. The van der Waals surface area contributed by atoms with Gasteiger partial charge in [-0.15, -0.1) is 0 Å². The van der Waals surface area contributed by atoms with Gasteiger partial charge in [-0.1, -0.05) is 53.5 Å². The van der Waals surface area contributed by atoms with Crippen molar-refractivity contribution in [3.63, 3.8) is 0 Å². The summed E-state index contributed by atoms with van der Waals surface area (Å²) in [6.07, 6.45) is 9.92. The normalized spacial score (nSPS) is 21.6. The molecule has 3 N–H and O–H groups in total. The zero-order valence-electron chi connectivity index (χ0n) is 32.5. The number of carboxylic acid groups (broad SMARTS) is 1. The number of fused-ring (bicyclic) bond motifs is 4. The molecule has 1 amide bonds. The maximum absolute atomic E-state index is 12.0.